The van der Waals surface area contributed by atoms with Gasteiger partial charge in [-0.05, 0) is 30.4 Å². The number of benzene rings is 1. The van der Waals surface area contributed by atoms with Gasteiger partial charge in [0.05, 0.1) is 0 Å². The van der Waals surface area contributed by atoms with E-state index in [-0.39, 0.29) is 5.91 Å². The van der Waals surface area contributed by atoms with Crippen molar-refractivity contribution in [2.75, 3.05) is 6.54 Å². The molecule has 3 rings (SSSR count). The highest BCUT2D eigenvalue weighted by Gasteiger charge is 2.58. The molecule has 0 saturated heterocycles. The zero-order valence-electron chi connectivity index (χ0n) is 10.1. The zero-order chi connectivity index (χ0) is 12.8. The summed E-state index contributed by atoms with van der Waals surface area (Å²) in [5.41, 5.74) is 1.30. The van der Waals surface area contributed by atoms with Crippen molar-refractivity contribution in [2.24, 2.45) is 5.41 Å². The van der Waals surface area contributed by atoms with E-state index in [1.807, 2.05) is 18.2 Å². The smallest absolute Gasteiger partial charge is 0.319 e. The van der Waals surface area contributed by atoms with Crippen molar-refractivity contribution < 1.29 is 14.7 Å². The first-order valence-electron chi connectivity index (χ1n) is 6.23. The molecule has 0 aromatic heterocycles. The first kappa shape index (κ1) is 11.3. The summed E-state index contributed by atoms with van der Waals surface area (Å²) in [6, 6.07) is 8.03. The number of amides is 1. The quantitative estimate of drug-likeness (QED) is 0.802. The van der Waals surface area contributed by atoms with Crippen LogP contribution in [0.5, 0.6) is 0 Å². The molecule has 1 heterocycles. The van der Waals surface area contributed by atoms with Gasteiger partial charge in [-0.15, -0.1) is 0 Å². The van der Waals surface area contributed by atoms with E-state index in [0.29, 0.717) is 25.9 Å². The third-order valence-electron chi connectivity index (χ3n) is 3.99. The molecule has 1 aliphatic heterocycles. The number of carboxylic acids is 1. The Balaban J connectivity index is 1.81. The highest BCUT2D eigenvalue weighted by molar-refractivity contribution is 6.04. The lowest BCUT2D eigenvalue weighted by atomic mass is 9.97. The molecule has 1 aromatic carbocycles. The van der Waals surface area contributed by atoms with Crippen LogP contribution >= 0.6 is 0 Å². The molecule has 0 atom stereocenters. The summed E-state index contributed by atoms with van der Waals surface area (Å²) in [5, 5.41) is 9.15. The van der Waals surface area contributed by atoms with Crippen molar-refractivity contribution in [3.05, 3.63) is 35.4 Å². The minimum Gasteiger partial charge on any atom is -0.480 e. The molecule has 18 heavy (non-hydrogen) atoms. The normalized spacial score (nSPS) is 20.1. The number of hydrogen-bond acceptors (Lipinski definition) is 2. The molecule has 2 aliphatic rings. The fourth-order valence-corrected chi connectivity index (χ4v) is 2.62. The summed E-state index contributed by atoms with van der Waals surface area (Å²) in [6.45, 7) is 1.18. The molecule has 94 valence electrons. The maximum Gasteiger partial charge on any atom is 0.319 e. The van der Waals surface area contributed by atoms with Crippen LogP contribution in [0.1, 0.15) is 24.0 Å². The second-order valence-corrected chi connectivity index (χ2v) is 5.13. The van der Waals surface area contributed by atoms with Crippen molar-refractivity contribution in [3.63, 3.8) is 0 Å². The van der Waals surface area contributed by atoms with Crippen LogP contribution in [0.15, 0.2) is 24.3 Å². The van der Waals surface area contributed by atoms with Crippen LogP contribution in [0.4, 0.5) is 0 Å². The fraction of sp³-hybridized carbons (Fsp3) is 0.429. The highest BCUT2D eigenvalue weighted by atomic mass is 16.4. The lowest BCUT2D eigenvalue weighted by molar-refractivity contribution is -0.153. The number of carbonyl (C=O) groups excluding carboxylic acids is 1. The molecule has 1 aromatic rings. The van der Waals surface area contributed by atoms with Gasteiger partial charge in [0.2, 0.25) is 5.91 Å². The summed E-state index contributed by atoms with van der Waals surface area (Å²) >= 11 is 0. The van der Waals surface area contributed by atoms with Gasteiger partial charge in [-0.2, -0.15) is 0 Å². The van der Waals surface area contributed by atoms with Crippen LogP contribution in [0.25, 0.3) is 0 Å². The van der Waals surface area contributed by atoms with E-state index in [9.17, 15) is 9.59 Å². The Hall–Kier alpha value is -1.84. The standard InChI is InChI=1S/C14H15NO3/c16-12(14(6-7-14)13(17)18)15-8-5-10-3-1-2-4-11(10)9-15/h1-4H,5-9H2,(H,17,18). The van der Waals surface area contributed by atoms with Crippen LogP contribution < -0.4 is 0 Å². The van der Waals surface area contributed by atoms with Crippen molar-refractivity contribution in [3.8, 4) is 0 Å². The molecule has 1 saturated carbocycles. The van der Waals surface area contributed by atoms with Gasteiger partial charge in [-0.25, -0.2) is 0 Å². The van der Waals surface area contributed by atoms with Crippen molar-refractivity contribution in [1.29, 1.82) is 0 Å². The number of nitrogens with zero attached hydrogens (tertiary/aromatic N) is 1. The number of carbonyl (C=O) groups is 2. The minimum atomic E-state index is -1.10. The number of aliphatic carboxylic acids is 1. The van der Waals surface area contributed by atoms with E-state index < -0.39 is 11.4 Å². The van der Waals surface area contributed by atoms with Crippen LogP contribution in [-0.4, -0.2) is 28.4 Å². The van der Waals surface area contributed by atoms with Gasteiger partial charge in [0.15, 0.2) is 0 Å². The number of fused-ring (bicyclic) bond motifs is 1. The lowest BCUT2D eigenvalue weighted by Crippen LogP contribution is -2.43. The fourth-order valence-electron chi connectivity index (χ4n) is 2.62. The molecule has 0 unspecified atom stereocenters. The summed E-state index contributed by atoms with van der Waals surface area (Å²) < 4.78 is 0. The molecular weight excluding hydrogens is 230 g/mol. The van der Waals surface area contributed by atoms with Crippen LogP contribution in [0, 0.1) is 5.41 Å². The SMILES string of the molecule is O=C(O)C1(C(=O)N2CCc3ccccc3C2)CC1. The average molecular weight is 245 g/mol. The number of rotatable bonds is 2. The van der Waals surface area contributed by atoms with E-state index in [4.69, 9.17) is 5.11 Å². The third kappa shape index (κ3) is 1.60. The number of carboxylic acid groups (broad SMARTS) is 1. The largest absolute Gasteiger partial charge is 0.480 e. The second-order valence-electron chi connectivity index (χ2n) is 5.13. The number of hydrogen-bond donors (Lipinski definition) is 1. The van der Waals surface area contributed by atoms with E-state index >= 15 is 0 Å². The molecule has 0 radical (unpaired) electrons. The first-order chi connectivity index (χ1) is 8.63. The van der Waals surface area contributed by atoms with Crippen LogP contribution in [-0.2, 0) is 22.6 Å². The van der Waals surface area contributed by atoms with Crippen molar-refractivity contribution in [2.45, 2.75) is 25.8 Å². The Bertz CT molecular complexity index is 520. The molecule has 1 amide bonds. The van der Waals surface area contributed by atoms with Gasteiger partial charge < -0.3 is 10.0 Å². The Morgan fingerprint density at radius 3 is 2.44 bits per heavy atom. The van der Waals surface area contributed by atoms with E-state index in [2.05, 4.69) is 6.07 Å². The molecule has 0 spiro atoms. The molecule has 4 heteroatoms. The Labute approximate surface area is 105 Å². The van der Waals surface area contributed by atoms with Crippen molar-refractivity contribution in [1.82, 2.24) is 4.90 Å². The van der Waals surface area contributed by atoms with Crippen LogP contribution in [0.2, 0.25) is 0 Å². The molecule has 1 aliphatic carbocycles. The average Bonchev–Trinajstić information content (AvgIpc) is 3.19. The maximum atomic E-state index is 12.3. The Morgan fingerprint density at radius 1 is 1.17 bits per heavy atom. The maximum absolute atomic E-state index is 12.3. The minimum absolute atomic E-state index is 0.204. The summed E-state index contributed by atoms with van der Waals surface area (Å²) in [4.78, 5) is 25.1. The Morgan fingerprint density at radius 2 is 1.83 bits per heavy atom. The van der Waals surface area contributed by atoms with Gasteiger partial charge in [0, 0.05) is 13.1 Å². The lowest BCUT2D eigenvalue weighted by Gasteiger charge is -2.30. The Kier molecular flexibility index (Phi) is 2.40. The van der Waals surface area contributed by atoms with Gasteiger partial charge in [-0.1, -0.05) is 24.3 Å². The van der Waals surface area contributed by atoms with Crippen LogP contribution in [0.3, 0.4) is 0 Å². The zero-order valence-corrected chi connectivity index (χ0v) is 10.1. The van der Waals surface area contributed by atoms with Crippen molar-refractivity contribution >= 4 is 11.9 Å². The third-order valence-corrected chi connectivity index (χ3v) is 3.99. The predicted molar refractivity (Wildman–Crippen MR) is 64.9 cm³/mol. The van der Waals surface area contributed by atoms with E-state index in [1.54, 1.807) is 4.90 Å². The van der Waals surface area contributed by atoms with Gasteiger partial charge in [-0.3, -0.25) is 9.59 Å². The van der Waals surface area contributed by atoms with Gasteiger partial charge >= 0.3 is 5.97 Å². The summed E-state index contributed by atoms with van der Waals surface area (Å²) in [7, 11) is 0. The monoisotopic (exact) mass is 245 g/mol. The molecule has 1 N–H and O–H groups in total. The second kappa shape index (κ2) is 3.83. The first-order valence-corrected chi connectivity index (χ1v) is 6.23. The molecule has 0 bridgehead atoms. The molecular formula is C14H15NO3. The topological polar surface area (TPSA) is 57.6 Å². The molecule has 1 fully saturated rings. The van der Waals surface area contributed by atoms with E-state index in [1.165, 1.54) is 5.56 Å². The predicted octanol–water partition coefficient (Wildman–Crippen LogP) is 1.44. The summed E-state index contributed by atoms with van der Waals surface area (Å²) in [5.74, 6) is -1.17. The highest BCUT2D eigenvalue weighted by Crippen LogP contribution is 2.48. The van der Waals surface area contributed by atoms with E-state index in [0.717, 1.165) is 12.0 Å². The van der Waals surface area contributed by atoms with Gasteiger partial charge in [0.25, 0.3) is 0 Å². The van der Waals surface area contributed by atoms with Gasteiger partial charge in [0.1, 0.15) is 5.41 Å². The molecule has 4 nitrogen and oxygen atoms in total. The summed E-state index contributed by atoms with van der Waals surface area (Å²) in [6.07, 6.45) is 1.79.